The van der Waals surface area contributed by atoms with Crippen LogP contribution >= 0.6 is 22.9 Å². The highest BCUT2D eigenvalue weighted by Gasteiger charge is 2.37. The van der Waals surface area contributed by atoms with Crippen LogP contribution in [0.2, 0.25) is 4.34 Å². The molecule has 6 heteroatoms. The van der Waals surface area contributed by atoms with Crippen molar-refractivity contribution < 1.29 is 14.3 Å². The fraction of sp³-hybridized carbons (Fsp3) is 0.538. The maximum absolute atomic E-state index is 11.9. The number of amides is 2. The number of ether oxygens (including phenoxy) is 1. The first-order chi connectivity index (χ1) is 8.76. The molecule has 0 N–H and O–H groups in total. The van der Waals surface area contributed by atoms with Crippen molar-refractivity contribution in [1.82, 2.24) is 4.90 Å². The Morgan fingerprint density at radius 1 is 1.47 bits per heavy atom. The molecule has 1 aliphatic heterocycles. The zero-order chi connectivity index (χ0) is 14.2. The summed E-state index contributed by atoms with van der Waals surface area (Å²) in [4.78, 5) is 26.0. The molecular weight excluding hydrogens is 286 g/mol. The van der Waals surface area contributed by atoms with Crippen LogP contribution in [0.1, 0.15) is 38.0 Å². The maximum atomic E-state index is 11.9. The SMILES string of the molecule is CC(C)(C)OC(=O)N1CC(c2ccc(Cl)s2)CC1=O. The quantitative estimate of drug-likeness (QED) is 0.795. The number of hydrogen-bond acceptors (Lipinski definition) is 4. The molecule has 0 aliphatic carbocycles. The molecule has 4 nitrogen and oxygen atoms in total. The lowest BCUT2D eigenvalue weighted by atomic mass is 10.1. The Morgan fingerprint density at radius 2 is 2.16 bits per heavy atom. The highest BCUT2D eigenvalue weighted by Crippen LogP contribution is 2.35. The number of nitrogens with zero attached hydrogens (tertiary/aromatic N) is 1. The van der Waals surface area contributed by atoms with Gasteiger partial charge in [-0.1, -0.05) is 11.6 Å². The van der Waals surface area contributed by atoms with E-state index in [1.807, 2.05) is 12.1 Å². The van der Waals surface area contributed by atoms with Crippen LogP contribution in [-0.4, -0.2) is 29.0 Å². The van der Waals surface area contributed by atoms with Gasteiger partial charge in [-0.25, -0.2) is 9.69 Å². The molecule has 1 aromatic rings. The van der Waals surface area contributed by atoms with Crippen molar-refractivity contribution in [2.24, 2.45) is 0 Å². The number of likely N-dealkylation sites (tertiary alicyclic amines) is 1. The number of imide groups is 1. The lowest BCUT2D eigenvalue weighted by molar-refractivity contribution is -0.126. The van der Waals surface area contributed by atoms with E-state index in [1.165, 1.54) is 16.2 Å². The fourth-order valence-corrected chi connectivity index (χ4v) is 3.09. The van der Waals surface area contributed by atoms with Gasteiger partial charge >= 0.3 is 6.09 Å². The molecule has 1 aromatic heterocycles. The molecule has 0 radical (unpaired) electrons. The topological polar surface area (TPSA) is 46.6 Å². The van der Waals surface area contributed by atoms with E-state index in [0.717, 1.165) is 4.88 Å². The van der Waals surface area contributed by atoms with Gasteiger partial charge in [0.1, 0.15) is 5.60 Å². The van der Waals surface area contributed by atoms with E-state index in [4.69, 9.17) is 16.3 Å². The first kappa shape index (κ1) is 14.3. The highest BCUT2D eigenvalue weighted by molar-refractivity contribution is 7.16. The Balaban J connectivity index is 2.05. The third-order valence-corrected chi connectivity index (χ3v) is 4.13. The van der Waals surface area contributed by atoms with Crippen molar-refractivity contribution >= 4 is 34.9 Å². The number of carbonyl (C=O) groups is 2. The summed E-state index contributed by atoms with van der Waals surface area (Å²) in [6.45, 7) is 5.70. The molecule has 1 unspecified atom stereocenters. The van der Waals surface area contributed by atoms with E-state index in [9.17, 15) is 9.59 Å². The lowest BCUT2D eigenvalue weighted by Gasteiger charge is -2.23. The molecule has 1 saturated heterocycles. The molecule has 2 rings (SSSR count). The molecule has 19 heavy (non-hydrogen) atoms. The molecule has 0 aromatic carbocycles. The van der Waals surface area contributed by atoms with Gasteiger partial charge in [-0.05, 0) is 32.9 Å². The van der Waals surface area contributed by atoms with Crippen molar-refractivity contribution in [1.29, 1.82) is 0 Å². The third-order valence-electron chi connectivity index (χ3n) is 2.74. The summed E-state index contributed by atoms with van der Waals surface area (Å²) in [5, 5.41) is 0. The molecule has 104 valence electrons. The van der Waals surface area contributed by atoms with Gasteiger partial charge in [-0.2, -0.15) is 0 Å². The van der Waals surface area contributed by atoms with Gasteiger partial charge in [0.05, 0.1) is 4.34 Å². The van der Waals surface area contributed by atoms with Crippen molar-refractivity contribution in [3.63, 3.8) is 0 Å². The summed E-state index contributed by atoms with van der Waals surface area (Å²) in [5.41, 5.74) is -0.596. The molecule has 1 atom stereocenters. The molecule has 1 fully saturated rings. The summed E-state index contributed by atoms with van der Waals surface area (Å²) >= 11 is 7.34. The number of carbonyl (C=O) groups excluding carboxylic acids is 2. The smallest absolute Gasteiger partial charge is 0.417 e. The van der Waals surface area contributed by atoms with Crippen molar-refractivity contribution in [3.8, 4) is 0 Å². The van der Waals surface area contributed by atoms with Crippen LogP contribution in [0.5, 0.6) is 0 Å². The first-order valence-electron chi connectivity index (χ1n) is 6.05. The van der Waals surface area contributed by atoms with Crippen LogP contribution < -0.4 is 0 Å². The van der Waals surface area contributed by atoms with E-state index in [0.29, 0.717) is 17.3 Å². The number of rotatable bonds is 1. The van der Waals surface area contributed by atoms with Crippen LogP contribution in [0, 0.1) is 0 Å². The van der Waals surface area contributed by atoms with Crippen molar-refractivity contribution in [3.05, 3.63) is 21.3 Å². The molecule has 0 spiro atoms. The van der Waals surface area contributed by atoms with Crippen LogP contribution in [0.4, 0.5) is 4.79 Å². The van der Waals surface area contributed by atoms with Crippen molar-refractivity contribution in [2.45, 2.75) is 38.7 Å². The Kier molecular flexibility index (Phi) is 3.87. The van der Waals surface area contributed by atoms with Crippen LogP contribution in [-0.2, 0) is 9.53 Å². The monoisotopic (exact) mass is 301 g/mol. The summed E-state index contributed by atoms with van der Waals surface area (Å²) in [6.07, 6.45) is -0.238. The first-order valence-corrected chi connectivity index (χ1v) is 7.24. The fourth-order valence-electron chi connectivity index (χ4n) is 1.94. The normalized spacial score (nSPS) is 19.9. The van der Waals surface area contributed by atoms with Crippen LogP contribution in [0.3, 0.4) is 0 Å². The number of thiophene rings is 1. The molecular formula is C13H16ClNO3S. The second-order valence-electron chi connectivity index (χ2n) is 5.53. The van der Waals surface area contributed by atoms with Gasteiger partial charge in [0.25, 0.3) is 0 Å². The van der Waals surface area contributed by atoms with E-state index < -0.39 is 11.7 Å². The average Bonchev–Trinajstić information content (AvgIpc) is 2.82. The minimum Gasteiger partial charge on any atom is -0.443 e. The van der Waals surface area contributed by atoms with Gasteiger partial charge in [0, 0.05) is 23.8 Å². The lowest BCUT2D eigenvalue weighted by Crippen LogP contribution is -2.37. The van der Waals surface area contributed by atoms with Gasteiger partial charge < -0.3 is 4.74 Å². The predicted octanol–water partition coefficient (Wildman–Crippen LogP) is 3.65. The van der Waals surface area contributed by atoms with Gasteiger partial charge in [-0.15, -0.1) is 11.3 Å². The second-order valence-corrected chi connectivity index (χ2v) is 7.27. The summed E-state index contributed by atoms with van der Waals surface area (Å²) in [6, 6.07) is 3.71. The maximum Gasteiger partial charge on any atom is 0.417 e. The standard InChI is InChI=1S/C13H16ClNO3S/c1-13(2,3)18-12(17)15-7-8(6-11(15)16)9-4-5-10(14)19-9/h4-5,8H,6-7H2,1-3H3. The van der Waals surface area contributed by atoms with Gasteiger partial charge in [0.2, 0.25) is 5.91 Å². The average molecular weight is 302 g/mol. The zero-order valence-electron chi connectivity index (χ0n) is 11.1. The Bertz CT molecular complexity index is 506. The zero-order valence-corrected chi connectivity index (χ0v) is 12.7. The molecule has 2 heterocycles. The van der Waals surface area contributed by atoms with Crippen LogP contribution in [0.15, 0.2) is 12.1 Å². The van der Waals surface area contributed by atoms with Gasteiger partial charge in [-0.3, -0.25) is 4.79 Å². The summed E-state index contributed by atoms with van der Waals surface area (Å²) in [5.74, 6) is -0.165. The molecule has 0 bridgehead atoms. The van der Waals surface area contributed by atoms with Gasteiger partial charge in [0.15, 0.2) is 0 Å². The van der Waals surface area contributed by atoms with Crippen molar-refractivity contribution in [2.75, 3.05) is 6.54 Å². The predicted molar refractivity (Wildman–Crippen MR) is 74.6 cm³/mol. The molecule has 1 aliphatic rings. The number of halogens is 1. The summed E-state index contributed by atoms with van der Waals surface area (Å²) in [7, 11) is 0. The summed E-state index contributed by atoms with van der Waals surface area (Å²) < 4.78 is 5.92. The Labute approximate surface area is 121 Å². The van der Waals surface area contributed by atoms with E-state index in [-0.39, 0.29) is 11.8 Å². The second kappa shape index (κ2) is 5.13. The Morgan fingerprint density at radius 3 is 2.68 bits per heavy atom. The highest BCUT2D eigenvalue weighted by atomic mass is 35.5. The molecule has 2 amide bonds. The van der Waals surface area contributed by atoms with E-state index in [1.54, 1.807) is 20.8 Å². The van der Waals surface area contributed by atoms with E-state index in [2.05, 4.69) is 0 Å². The molecule has 0 saturated carbocycles. The van der Waals surface area contributed by atoms with E-state index >= 15 is 0 Å². The van der Waals surface area contributed by atoms with Crippen LogP contribution in [0.25, 0.3) is 0 Å². The Hall–Kier alpha value is -1.07. The number of hydrogen-bond donors (Lipinski definition) is 0. The minimum absolute atomic E-state index is 0.0255. The third kappa shape index (κ3) is 3.48. The largest absolute Gasteiger partial charge is 0.443 e. The minimum atomic E-state index is -0.596.